The number of likely N-dealkylation sites (tertiary alicyclic amines) is 1. The first-order valence-corrected chi connectivity index (χ1v) is 14.5. The number of aryl methyl sites for hydroxylation is 1. The van der Waals surface area contributed by atoms with Crippen molar-refractivity contribution in [3.05, 3.63) is 47.3 Å². The molecule has 3 aliphatic rings. The van der Waals surface area contributed by atoms with Gasteiger partial charge in [0.2, 0.25) is 11.8 Å². The molecule has 5 rings (SSSR count). The van der Waals surface area contributed by atoms with Gasteiger partial charge >= 0.3 is 0 Å². The third kappa shape index (κ3) is 5.61. The summed E-state index contributed by atoms with van der Waals surface area (Å²) in [5.74, 6) is -0.0858. The molecule has 1 aromatic heterocycles. The molecule has 3 heterocycles. The number of aliphatic hydroxyl groups excluding tert-OH is 1. The molecule has 0 unspecified atom stereocenters. The van der Waals surface area contributed by atoms with Crippen LogP contribution in [0.5, 0.6) is 0 Å². The van der Waals surface area contributed by atoms with Crippen LogP contribution in [0.25, 0.3) is 5.69 Å². The van der Waals surface area contributed by atoms with Crippen molar-refractivity contribution in [1.29, 1.82) is 0 Å². The fourth-order valence-corrected chi connectivity index (χ4v) is 6.81. The smallest absolute Gasteiger partial charge is 0.248 e. The maximum absolute atomic E-state index is 13.8. The van der Waals surface area contributed by atoms with Gasteiger partial charge in [0.25, 0.3) is 0 Å². The number of aromatic nitrogens is 2. The number of rotatable bonds is 8. The average molecular weight is 558 g/mol. The van der Waals surface area contributed by atoms with E-state index in [0.29, 0.717) is 19.4 Å². The van der Waals surface area contributed by atoms with Gasteiger partial charge in [-0.1, -0.05) is 44.4 Å². The first-order valence-electron chi connectivity index (χ1n) is 14.5. The molecular formula is C30H44ClN5O3. The first-order chi connectivity index (χ1) is 18.4. The molecule has 3 fully saturated rings. The number of nitrogens with zero attached hydrogens (tertiary/aromatic N) is 4. The SMILES string of the molecule is CCCCN1C(=O)[C@@H]([C@H](O)C2CCCC2)NC(=O)C12CCN(Cc1c(C)nn(-c3ccccc3)c1C)CC2.Cl. The van der Waals surface area contributed by atoms with Gasteiger partial charge in [0.1, 0.15) is 11.6 Å². The second-order valence-electron chi connectivity index (χ2n) is 11.5. The monoisotopic (exact) mass is 557 g/mol. The highest BCUT2D eigenvalue weighted by Gasteiger charge is 2.55. The third-order valence-corrected chi connectivity index (χ3v) is 9.22. The number of unbranched alkanes of at least 4 members (excludes halogenated alkanes) is 1. The Morgan fingerprint density at radius 2 is 1.77 bits per heavy atom. The van der Waals surface area contributed by atoms with E-state index in [1.165, 1.54) is 5.56 Å². The minimum Gasteiger partial charge on any atom is -0.390 e. The van der Waals surface area contributed by atoms with Gasteiger partial charge < -0.3 is 15.3 Å². The topological polar surface area (TPSA) is 90.7 Å². The summed E-state index contributed by atoms with van der Waals surface area (Å²) in [7, 11) is 0. The average Bonchev–Trinajstić information content (AvgIpc) is 3.57. The van der Waals surface area contributed by atoms with Crippen molar-refractivity contribution in [2.45, 2.75) is 96.4 Å². The highest BCUT2D eigenvalue weighted by Crippen LogP contribution is 2.37. The summed E-state index contributed by atoms with van der Waals surface area (Å²) in [6, 6.07) is 9.36. The molecule has 2 amide bonds. The quantitative estimate of drug-likeness (QED) is 0.513. The van der Waals surface area contributed by atoms with E-state index in [1.807, 2.05) is 27.8 Å². The molecule has 2 saturated heterocycles. The molecule has 9 heteroatoms. The zero-order valence-electron chi connectivity index (χ0n) is 23.6. The molecule has 1 saturated carbocycles. The predicted molar refractivity (Wildman–Crippen MR) is 154 cm³/mol. The van der Waals surface area contributed by atoms with E-state index in [2.05, 4.69) is 43.1 Å². The van der Waals surface area contributed by atoms with Gasteiger partial charge in [-0.3, -0.25) is 14.5 Å². The van der Waals surface area contributed by atoms with Crippen LogP contribution in [0.3, 0.4) is 0 Å². The number of nitrogens with one attached hydrogen (secondary N) is 1. The molecule has 1 aliphatic carbocycles. The molecular weight excluding hydrogens is 514 g/mol. The molecule has 2 aromatic rings. The summed E-state index contributed by atoms with van der Waals surface area (Å²) in [5, 5.41) is 18.9. The Balaban J connectivity index is 0.00000353. The second kappa shape index (κ2) is 12.4. The molecule has 1 spiro atoms. The number of halogens is 1. The number of para-hydroxylation sites is 1. The summed E-state index contributed by atoms with van der Waals surface area (Å²) < 4.78 is 2.01. The van der Waals surface area contributed by atoms with Gasteiger partial charge in [0.15, 0.2) is 0 Å². The summed E-state index contributed by atoms with van der Waals surface area (Å²) in [4.78, 5) is 31.7. The maximum atomic E-state index is 13.8. The molecule has 2 aliphatic heterocycles. The van der Waals surface area contributed by atoms with E-state index in [1.54, 1.807) is 0 Å². The standard InChI is InChI=1S/C30H43N5O3.ClH/c1-4-5-17-34-28(37)26(27(36)23-11-9-10-12-23)31-29(38)30(34)15-18-33(19-16-30)20-25-21(2)32-35(22(25)3)24-13-7-6-8-14-24;/h6-8,13-14,23,26-27,36H,4-5,9-12,15-20H2,1-3H3,(H,31,38);1H/t26-,27-;/m1./s1. The minimum atomic E-state index is -0.826. The lowest BCUT2D eigenvalue weighted by Crippen LogP contribution is -2.75. The highest BCUT2D eigenvalue weighted by atomic mass is 35.5. The van der Waals surface area contributed by atoms with Crippen LogP contribution in [0.1, 0.15) is 75.2 Å². The Morgan fingerprint density at radius 1 is 1.10 bits per heavy atom. The Labute approximate surface area is 238 Å². The number of piperidine rings is 1. The first kappa shape index (κ1) is 29.6. The van der Waals surface area contributed by atoms with Crippen LogP contribution in [0.15, 0.2) is 30.3 Å². The number of hydrogen-bond donors (Lipinski definition) is 2. The van der Waals surface area contributed by atoms with Crippen molar-refractivity contribution in [3.63, 3.8) is 0 Å². The summed E-state index contributed by atoms with van der Waals surface area (Å²) in [6.07, 6.45) is 6.23. The van der Waals surface area contributed by atoms with E-state index in [-0.39, 0.29) is 30.1 Å². The summed E-state index contributed by atoms with van der Waals surface area (Å²) in [6.45, 7) is 9.08. The Kier molecular flexibility index (Phi) is 9.40. The van der Waals surface area contributed by atoms with Gasteiger partial charge in [0, 0.05) is 37.4 Å². The van der Waals surface area contributed by atoms with Crippen LogP contribution in [0.2, 0.25) is 0 Å². The van der Waals surface area contributed by atoms with E-state index < -0.39 is 17.7 Å². The zero-order valence-corrected chi connectivity index (χ0v) is 24.4. The van der Waals surface area contributed by atoms with Crippen LogP contribution in [0, 0.1) is 19.8 Å². The molecule has 2 N–H and O–H groups in total. The maximum Gasteiger partial charge on any atom is 0.248 e. The van der Waals surface area contributed by atoms with Crippen LogP contribution in [-0.2, 0) is 16.1 Å². The van der Waals surface area contributed by atoms with Crippen molar-refractivity contribution in [2.24, 2.45) is 5.92 Å². The lowest BCUT2D eigenvalue weighted by molar-refractivity contribution is -0.165. The Hall–Kier alpha value is -2.42. The van der Waals surface area contributed by atoms with E-state index in [4.69, 9.17) is 5.10 Å². The van der Waals surface area contributed by atoms with Crippen LogP contribution >= 0.6 is 12.4 Å². The molecule has 8 nitrogen and oxygen atoms in total. The lowest BCUT2D eigenvalue weighted by Gasteiger charge is -2.52. The number of benzene rings is 1. The normalized spacial score (nSPS) is 22.7. The highest BCUT2D eigenvalue weighted by molar-refractivity contribution is 6.00. The van der Waals surface area contributed by atoms with E-state index in [0.717, 1.165) is 75.2 Å². The predicted octanol–water partition coefficient (Wildman–Crippen LogP) is 3.92. The molecule has 0 radical (unpaired) electrons. The number of carbonyl (C=O) groups excluding carboxylic acids is 2. The van der Waals surface area contributed by atoms with Gasteiger partial charge in [-0.25, -0.2) is 4.68 Å². The van der Waals surface area contributed by atoms with E-state index in [9.17, 15) is 14.7 Å². The molecule has 1 aromatic carbocycles. The lowest BCUT2D eigenvalue weighted by atomic mass is 9.80. The molecule has 2 atom stereocenters. The molecule has 214 valence electrons. The second-order valence-corrected chi connectivity index (χ2v) is 11.5. The van der Waals surface area contributed by atoms with Crippen molar-refractivity contribution in [2.75, 3.05) is 19.6 Å². The van der Waals surface area contributed by atoms with Crippen molar-refractivity contribution in [1.82, 2.24) is 24.9 Å². The van der Waals surface area contributed by atoms with Crippen LogP contribution in [-0.4, -0.2) is 73.8 Å². The zero-order chi connectivity index (χ0) is 26.9. The number of hydrogen-bond acceptors (Lipinski definition) is 5. The summed E-state index contributed by atoms with van der Waals surface area (Å²) >= 11 is 0. The third-order valence-electron chi connectivity index (χ3n) is 9.22. The number of carbonyl (C=O) groups is 2. The minimum absolute atomic E-state index is 0. The largest absolute Gasteiger partial charge is 0.390 e. The van der Waals surface area contributed by atoms with Crippen LogP contribution in [0.4, 0.5) is 0 Å². The van der Waals surface area contributed by atoms with E-state index >= 15 is 0 Å². The van der Waals surface area contributed by atoms with Crippen molar-refractivity contribution < 1.29 is 14.7 Å². The fourth-order valence-electron chi connectivity index (χ4n) is 6.81. The number of aliphatic hydroxyl groups is 1. The van der Waals surface area contributed by atoms with Crippen molar-refractivity contribution in [3.8, 4) is 5.69 Å². The van der Waals surface area contributed by atoms with Gasteiger partial charge in [-0.15, -0.1) is 12.4 Å². The Bertz CT molecular complexity index is 1140. The van der Waals surface area contributed by atoms with Gasteiger partial charge in [0.05, 0.1) is 17.5 Å². The van der Waals surface area contributed by atoms with Crippen molar-refractivity contribution >= 4 is 24.2 Å². The summed E-state index contributed by atoms with van der Waals surface area (Å²) in [5.41, 5.74) is 3.60. The molecule has 0 bridgehead atoms. The van der Waals surface area contributed by atoms with Gasteiger partial charge in [-0.05, 0) is 64.0 Å². The van der Waals surface area contributed by atoms with Gasteiger partial charge in [-0.2, -0.15) is 5.10 Å². The number of amides is 2. The van der Waals surface area contributed by atoms with Crippen LogP contribution < -0.4 is 5.32 Å². The Morgan fingerprint density at radius 3 is 2.41 bits per heavy atom. The fraction of sp³-hybridized carbons (Fsp3) is 0.633. The molecule has 39 heavy (non-hydrogen) atoms. The number of piperazine rings is 1.